The maximum atomic E-state index is 5.47. The van der Waals surface area contributed by atoms with Crippen molar-refractivity contribution >= 4 is 11.6 Å². The van der Waals surface area contributed by atoms with Crippen molar-refractivity contribution in [3.05, 3.63) is 11.4 Å². The van der Waals surface area contributed by atoms with Crippen LogP contribution in [0.2, 0.25) is 0 Å². The van der Waals surface area contributed by atoms with Crippen LogP contribution in [0.15, 0.2) is 0 Å². The Balaban J connectivity index is 2.98. The third kappa shape index (κ3) is 3.54. The number of hydrogen-bond donors (Lipinski definition) is 3. The van der Waals surface area contributed by atoms with E-state index in [-0.39, 0.29) is 6.04 Å². The van der Waals surface area contributed by atoms with E-state index < -0.39 is 0 Å². The van der Waals surface area contributed by atoms with E-state index in [1.165, 1.54) is 0 Å². The summed E-state index contributed by atoms with van der Waals surface area (Å²) in [5.74, 6) is 7.72. The Hall–Kier alpha value is -1.40. The molecule has 0 radical (unpaired) electrons. The van der Waals surface area contributed by atoms with Crippen molar-refractivity contribution < 1.29 is 4.74 Å². The monoisotopic (exact) mass is 253 g/mol. The van der Waals surface area contributed by atoms with Gasteiger partial charge >= 0.3 is 0 Å². The molecule has 0 amide bonds. The molecular weight excluding hydrogens is 230 g/mol. The lowest BCUT2D eigenvalue weighted by Crippen LogP contribution is -2.26. The summed E-state index contributed by atoms with van der Waals surface area (Å²) >= 11 is 0. The van der Waals surface area contributed by atoms with Crippen LogP contribution in [0, 0.1) is 6.92 Å². The van der Waals surface area contributed by atoms with Crippen LogP contribution in [0.3, 0.4) is 0 Å². The van der Waals surface area contributed by atoms with Gasteiger partial charge in [0.15, 0.2) is 0 Å². The van der Waals surface area contributed by atoms with E-state index in [9.17, 15) is 0 Å². The summed E-state index contributed by atoms with van der Waals surface area (Å²) in [6.45, 7) is 6.71. The molecule has 0 aliphatic rings. The minimum absolute atomic E-state index is 0.235. The predicted octanol–water partition coefficient (Wildman–Crippen LogP) is 1.47. The van der Waals surface area contributed by atoms with Crippen molar-refractivity contribution in [3.8, 4) is 0 Å². The number of methoxy groups -OCH3 is 1. The standard InChI is InChI=1S/C12H23N5O/c1-5-9(7-18-4)14-11-8(3)12(17-13)16-10(6-2)15-11/h9H,5-7,13H2,1-4H3,(H2,14,15,16,17). The van der Waals surface area contributed by atoms with Crippen LogP contribution < -0.4 is 16.6 Å². The van der Waals surface area contributed by atoms with Gasteiger partial charge in [0.25, 0.3) is 0 Å². The topological polar surface area (TPSA) is 85.1 Å². The van der Waals surface area contributed by atoms with E-state index in [0.717, 1.165) is 30.0 Å². The number of rotatable bonds is 7. The number of nitrogens with one attached hydrogen (secondary N) is 2. The number of hydrazine groups is 1. The average molecular weight is 253 g/mol. The Morgan fingerprint density at radius 1 is 1.28 bits per heavy atom. The number of nitrogens with two attached hydrogens (primary N) is 1. The Bertz CT molecular complexity index is 383. The molecule has 1 aromatic rings. The van der Waals surface area contributed by atoms with Gasteiger partial charge in [-0.05, 0) is 13.3 Å². The van der Waals surface area contributed by atoms with Gasteiger partial charge in [-0.1, -0.05) is 13.8 Å². The molecule has 0 bridgehead atoms. The van der Waals surface area contributed by atoms with Gasteiger partial charge in [0.05, 0.1) is 12.6 Å². The number of aryl methyl sites for hydroxylation is 1. The highest BCUT2D eigenvalue weighted by Gasteiger charge is 2.13. The molecule has 6 heteroatoms. The molecule has 0 aliphatic carbocycles. The molecule has 0 spiro atoms. The second-order valence-electron chi connectivity index (χ2n) is 4.16. The summed E-state index contributed by atoms with van der Waals surface area (Å²) in [6.07, 6.45) is 1.73. The van der Waals surface area contributed by atoms with Gasteiger partial charge in [0.1, 0.15) is 17.5 Å². The third-order valence-electron chi connectivity index (χ3n) is 2.85. The van der Waals surface area contributed by atoms with Crippen molar-refractivity contribution in [1.82, 2.24) is 9.97 Å². The van der Waals surface area contributed by atoms with Crippen molar-refractivity contribution in [2.24, 2.45) is 5.84 Å². The molecule has 1 unspecified atom stereocenters. The first-order chi connectivity index (χ1) is 8.65. The van der Waals surface area contributed by atoms with Gasteiger partial charge in [-0.25, -0.2) is 15.8 Å². The molecule has 0 aliphatic heterocycles. The first-order valence-electron chi connectivity index (χ1n) is 6.25. The fourth-order valence-corrected chi connectivity index (χ4v) is 1.66. The Morgan fingerprint density at radius 2 is 1.94 bits per heavy atom. The number of hydrogen-bond acceptors (Lipinski definition) is 6. The second kappa shape index (κ2) is 7.13. The first-order valence-corrected chi connectivity index (χ1v) is 6.25. The molecule has 18 heavy (non-hydrogen) atoms. The van der Waals surface area contributed by atoms with Gasteiger partial charge in [-0.2, -0.15) is 0 Å². The zero-order valence-electron chi connectivity index (χ0n) is 11.6. The third-order valence-corrected chi connectivity index (χ3v) is 2.85. The van der Waals surface area contributed by atoms with Crippen LogP contribution in [0.4, 0.5) is 11.6 Å². The molecule has 0 aromatic carbocycles. The van der Waals surface area contributed by atoms with Crippen LogP contribution in [0.25, 0.3) is 0 Å². The summed E-state index contributed by atoms with van der Waals surface area (Å²) in [4.78, 5) is 8.83. The molecule has 6 nitrogen and oxygen atoms in total. The fraction of sp³-hybridized carbons (Fsp3) is 0.667. The van der Waals surface area contributed by atoms with Gasteiger partial charge in [-0.15, -0.1) is 0 Å². The maximum absolute atomic E-state index is 5.47. The van der Waals surface area contributed by atoms with Crippen molar-refractivity contribution in [2.75, 3.05) is 24.5 Å². The molecule has 4 N–H and O–H groups in total. The average Bonchev–Trinajstić information content (AvgIpc) is 2.40. The van der Waals surface area contributed by atoms with E-state index in [0.29, 0.717) is 12.4 Å². The van der Waals surface area contributed by atoms with E-state index in [2.05, 4.69) is 27.6 Å². The van der Waals surface area contributed by atoms with Gasteiger partial charge in [0, 0.05) is 19.1 Å². The molecule has 0 saturated carbocycles. The zero-order chi connectivity index (χ0) is 13.5. The highest BCUT2D eigenvalue weighted by molar-refractivity contribution is 5.57. The van der Waals surface area contributed by atoms with Gasteiger partial charge in [-0.3, -0.25) is 0 Å². The normalized spacial score (nSPS) is 12.3. The molecule has 1 atom stereocenters. The summed E-state index contributed by atoms with van der Waals surface area (Å²) < 4.78 is 5.17. The molecule has 102 valence electrons. The van der Waals surface area contributed by atoms with E-state index in [1.54, 1.807) is 7.11 Å². The van der Waals surface area contributed by atoms with Crippen LogP contribution in [-0.4, -0.2) is 29.7 Å². The minimum atomic E-state index is 0.235. The largest absolute Gasteiger partial charge is 0.383 e. The SMILES string of the molecule is CCc1nc(NN)c(C)c(NC(CC)COC)n1. The van der Waals surface area contributed by atoms with Crippen molar-refractivity contribution in [1.29, 1.82) is 0 Å². The molecule has 0 fully saturated rings. The maximum Gasteiger partial charge on any atom is 0.148 e. The van der Waals surface area contributed by atoms with E-state index in [4.69, 9.17) is 10.6 Å². The highest BCUT2D eigenvalue weighted by atomic mass is 16.5. The van der Waals surface area contributed by atoms with Crippen LogP contribution in [0.5, 0.6) is 0 Å². The molecule has 1 rings (SSSR count). The number of nitrogen functional groups attached to an aromatic ring is 1. The quantitative estimate of drug-likeness (QED) is 0.504. The summed E-state index contributed by atoms with van der Waals surface area (Å²) in [5, 5.41) is 3.38. The zero-order valence-corrected chi connectivity index (χ0v) is 11.6. The summed E-state index contributed by atoms with van der Waals surface area (Å²) in [6, 6.07) is 0.235. The van der Waals surface area contributed by atoms with Crippen LogP contribution in [0.1, 0.15) is 31.7 Å². The Morgan fingerprint density at radius 3 is 2.44 bits per heavy atom. The summed E-state index contributed by atoms with van der Waals surface area (Å²) in [7, 11) is 1.70. The number of ether oxygens (including phenoxy) is 1. The van der Waals surface area contributed by atoms with Gasteiger partial charge < -0.3 is 15.5 Å². The minimum Gasteiger partial charge on any atom is -0.383 e. The van der Waals surface area contributed by atoms with Crippen LogP contribution in [-0.2, 0) is 11.2 Å². The smallest absolute Gasteiger partial charge is 0.148 e. The van der Waals surface area contributed by atoms with Crippen molar-refractivity contribution in [2.45, 2.75) is 39.7 Å². The van der Waals surface area contributed by atoms with E-state index in [1.807, 2.05) is 13.8 Å². The molecule has 1 aromatic heterocycles. The van der Waals surface area contributed by atoms with Crippen molar-refractivity contribution in [3.63, 3.8) is 0 Å². The number of nitrogens with zero attached hydrogens (tertiary/aromatic N) is 2. The van der Waals surface area contributed by atoms with E-state index >= 15 is 0 Å². The van der Waals surface area contributed by atoms with Crippen LogP contribution >= 0.6 is 0 Å². The summed E-state index contributed by atoms with van der Waals surface area (Å²) in [5.41, 5.74) is 3.53. The molecule has 0 saturated heterocycles. The molecular formula is C12H23N5O. The molecule has 1 heterocycles. The Kier molecular flexibility index (Phi) is 5.80. The second-order valence-corrected chi connectivity index (χ2v) is 4.16. The predicted molar refractivity (Wildman–Crippen MR) is 73.5 cm³/mol. The lowest BCUT2D eigenvalue weighted by Gasteiger charge is -2.19. The number of anilines is 2. The lowest BCUT2D eigenvalue weighted by atomic mass is 10.2. The first kappa shape index (κ1) is 14.7. The van der Waals surface area contributed by atoms with Gasteiger partial charge in [0.2, 0.25) is 0 Å². The fourth-order valence-electron chi connectivity index (χ4n) is 1.66. The Labute approximate surface area is 108 Å². The lowest BCUT2D eigenvalue weighted by molar-refractivity contribution is 0.184. The highest BCUT2D eigenvalue weighted by Crippen LogP contribution is 2.20. The number of aromatic nitrogens is 2.